The highest BCUT2D eigenvalue weighted by Crippen LogP contribution is 2.20. The Kier molecular flexibility index (Phi) is 4.85. The molecule has 2 N–H and O–H groups in total. The second-order valence-corrected chi connectivity index (χ2v) is 7.15. The number of ether oxygens (including phenoxy) is 1. The number of nitrogens with one attached hydrogen (secondary N) is 1. The lowest BCUT2D eigenvalue weighted by atomic mass is 10.2. The van der Waals surface area contributed by atoms with E-state index in [2.05, 4.69) is 10.3 Å². The number of rotatable bonds is 4. The first-order valence-electron chi connectivity index (χ1n) is 8.49. The van der Waals surface area contributed by atoms with E-state index >= 15 is 0 Å². The van der Waals surface area contributed by atoms with Gasteiger partial charge in [-0.2, -0.15) is 0 Å². The van der Waals surface area contributed by atoms with E-state index in [0.717, 1.165) is 16.8 Å². The fourth-order valence-corrected chi connectivity index (χ4v) is 2.61. The van der Waals surface area contributed by atoms with Crippen LogP contribution >= 0.6 is 0 Å². The summed E-state index contributed by atoms with van der Waals surface area (Å²) in [5.41, 5.74) is 2.93. The zero-order valence-corrected chi connectivity index (χ0v) is 15.4. The summed E-state index contributed by atoms with van der Waals surface area (Å²) in [5, 5.41) is 11.8. The van der Waals surface area contributed by atoms with Crippen molar-refractivity contribution < 1.29 is 19.4 Å². The molecule has 27 heavy (non-hydrogen) atoms. The van der Waals surface area contributed by atoms with Gasteiger partial charge in [0.15, 0.2) is 0 Å². The van der Waals surface area contributed by atoms with Crippen LogP contribution in [0.2, 0.25) is 0 Å². The van der Waals surface area contributed by atoms with Crippen molar-refractivity contribution in [3.05, 3.63) is 59.9 Å². The molecule has 1 amide bonds. The Bertz CT molecular complexity index is 985. The summed E-state index contributed by atoms with van der Waals surface area (Å²) < 4.78 is 7.09. The summed E-state index contributed by atoms with van der Waals surface area (Å²) in [6, 6.07) is 12.5. The number of carboxylic acid groups (broad SMARTS) is 1. The van der Waals surface area contributed by atoms with Crippen molar-refractivity contribution in [3.63, 3.8) is 0 Å². The van der Waals surface area contributed by atoms with Crippen molar-refractivity contribution in [2.24, 2.45) is 0 Å². The van der Waals surface area contributed by atoms with Gasteiger partial charge in [-0.15, -0.1) is 0 Å². The third kappa shape index (κ3) is 4.44. The number of nitrogens with zero attached hydrogens (tertiary/aromatic N) is 2. The van der Waals surface area contributed by atoms with Crippen LogP contribution in [-0.2, 0) is 11.3 Å². The largest absolute Gasteiger partial charge is 0.478 e. The molecule has 0 unspecified atom stereocenters. The van der Waals surface area contributed by atoms with E-state index in [1.54, 1.807) is 24.5 Å². The first kappa shape index (κ1) is 18.4. The van der Waals surface area contributed by atoms with Crippen LogP contribution in [0.3, 0.4) is 0 Å². The van der Waals surface area contributed by atoms with E-state index < -0.39 is 17.7 Å². The minimum absolute atomic E-state index is 0.205. The molecule has 7 heteroatoms. The van der Waals surface area contributed by atoms with Crippen molar-refractivity contribution in [1.82, 2.24) is 14.9 Å². The Balaban J connectivity index is 1.73. The minimum atomic E-state index is -0.978. The molecule has 140 valence electrons. The van der Waals surface area contributed by atoms with Gasteiger partial charge in [0.05, 0.1) is 16.6 Å². The topological polar surface area (TPSA) is 93.5 Å². The molecule has 7 nitrogen and oxygen atoms in total. The molecule has 0 bridgehead atoms. The quantitative estimate of drug-likeness (QED) is 0.732. The molecule has 0 atom stereocenters. The number of amides is 1. The SMILES string of the molecule is CC(C)(C)OC(=O)NCc1ccc(-n2cnc3cc(C(=O)O)ccc32)cc1. The first-order valence-corrected chi connectivity index (χ1v) is 8.49. The number of hydrogen-bond acceptors (Lipinski definition) is 4. The van der Waals surface area contributed by atoms with Crippen LogP contribution in [0.1, 0.15) is 36.7 Å². The number of carboxylic acids is 1. The molecule has 0 fully saturated rings. The molecule has 3 rings (SSSR count). The Morgan fingerprint density at radius 2 is 1.85 bits per heavy atom. The highest BCUT2D eigenvalue weighted by atomic mass is 16.6. The van der Waals surface area contributed by atoms with Crippen LogP contribution in [-0.4, -0.2) is 32.3 Å². The molecule has 0 spiro atoms. The highest BCUT2D eigenvalue weighted by molar-refractivity contribution is 5.92. The average Bonchev–Trinajstić information content (AvgIpc) is 3.02. The maximum Gasteiger partial charge on any atom is 0.407 e. The first-order chi connectivity index (χ1) is 12.7. The summed E-state index contributed by atoms with van der Waals surface area (Å²) in [4.78, 5) is 27.1. The van der Waals surface area contributed by atoms with Gasteiger partial charge in [0.1, 0.15) is 11.9 Å². The van der Waals surface area contributed by atoms with Crippen molar-refractivity contribution >= 4 is 23.1 Å². The maximum absolute atomic E-state index is 11.7. The number of hydrogen-bond donors (Lipinski definition) is 2. The molecule has 0 aliphatic carbocycles. The predicted molar refractivity (Wildman–Crippen MR) is 101 cm³/mol. The van der Waals surface area contributed by atoms with E-state index in [1.165, 1.54) is 0 Å². The van der Waals surface area contributed by atoms with E-state index in [0.29, 0.717) is 12.1 Å². The summed E-state index contributed by atoms with van der Waals surface area (Å²) >= 11 is 0. The Morgan fingerprint density at radius 3 is 2.48 bits per heavy atom. The number of alkyl carbamates (subject to hydrolysis) is 1. The highest BCUT2D eigenvalue weighted by Gasteiger charge is 2.15. The number of imidazole rings is 1. The lowest BCUT2D eigenvalue weighted by molar-refractivity contribution is 0.0523. The van der Waals surface area contributed by atoms with E-state index in [4.69, 9.17) is 9.84 Å². The van der Waals surface area contributed by atoms with Gasteiger partial charge in [0, 0.05) is 12.2 Å². The monoisotopic (exact) mass is 367 g/mol. The van der Waals surface area contributed by atoms with Gasteiger partial charge in [-0.05, 0) is 56.7 Å². The summed E-state index contributed by atoms with van der Waals surface area (Å²) in [6.07, 6.45) is 1.20. The predicted octanol–water partition coefficient (Wildman–Crippen LogP) is 3.75. The maximum atomic E-state index is 11.7. The average molecular weight is 367 g/mol. The molecular weight excluding hydrogens is 346 g/mol. The third-order valence-corrected chi connectivity index (χ3v) is 3.84. The minimum Gasteiger partial charge on any atom is -0.478 e. The Morgan fingerprint density at radius 1 is 1.15 bits per heavy atom. The summed E-state index contributed by atoms with van der Waals surface area (Å²) in [7, 11) is 0. The molecule has 0 aliphatic heterocycles. The lowest BCUT2D eigenvalue weighted by Crippen LogP contribution is -2.32. The van der Waals surface area contributed by atoms with Gasteiger partial charge in [0.25, 0.3) is 0 Å². The molecule has 0 aliphatic rings. The van der Waals surface area contributed by atoms with Crippen LogP contribution in [0.4, 0.5) is 4.79 Å². The lowest BCUT2D eigenvalue weighted by Gasteiger charge is -2.19. The zero-order valence-electron chi connectivity index (χ0n) is 15.4. The number of fused-ring (bicyclic) bond motifs is 1. The molecule has 0 saturated heterocycles. The van der Waals surface area contributed by atoms with Gasteiger partial charge in [0.2, 0.25) is 0 Å². The fraction of sp³-hybridized carbons (Fsp3) is 0.250. The number of aromatic nitrogens is 2. The van der Waals surface area contributed by atoms with Crippen molar-refractivity contribution in [2.75, 3.05) is 0 Å². The zero-order chi connectivity index (χ0) is 19.6. The molecule has 0 saturated carbocycles. The molecule has 3 aromatic rings. The van der Waals surface area contributed by atoms with Gasteiger partial charge >= 0.3 is 12.1 Å². The number of carbonyl (C=O) groups excluding carboxylic acids is 1. The van der Waals surface area contributed by atoms with Gasteiger partial charge in [-0.1, -0.05) is 12.1 Å². The number of benzene rings is 2. The summed E-state index contributed by atoms with van der Waals surface area (Å²) in [6.45, 7) is 5.81. The molecule has 1 heterocycles. The Hall–Kier alpha value is -3.35. The van der Waals surface area contributed by atoms with Crippen LogP contribution in [0.25, 0.3) is 16.7 Å². The standard InChI is InChI=1S/C20H21N3O4/c1-20(2,3)27-19(26)21-11-13-4-7-15(8-5-13)23-12-22-16-10-14(18(24)25)6-9-17(16)23/h4-10,12H,11H2,1-3H3,(H,21,26)(H,24,25). The number of aromatic carboxylic acids is 1. The van der Waals surface area contributed by atoms with Crippen LogP contribution < -0.4 is 5.32 Å². The second kappa shape index (κ2) is 7.11. The molecule has 0 radical (unpaired) electrons. The Labute approximate surface area is 156 Å². The third-order valence-electron chi connectivity index (χ3n) is 3.84. The summed E-state index contributed by atoms with van der Waals surface area (Å²) in [5.74, 6) is -0.978. The van der Waals surface area contributed by atoms with Crippen LogP contribution in [0.5, 0.6) is 0 Å². The van der Waals surface area contributed by atoms with E-state index in [1.807, 2.05) is 49.6 Å². The normalized spacial score (nSPS) is 11.4. The van der Waals surface area contributed by atoms with Crippen LogP contribution in [0, 0.1) is 0 Å². The van der Waals surface area contributed by atoms with Crippen LogP contribution in [0.15, 0.2) is 48.8 Å². The van der Waals surface area contributed by atoms with E-state index in [-0.39, 0.29) is 5.56 Å². The van der Waals surface area contributed by atoms with Crippen molar-refractivity contribution in [2.45, 2.75) is 32.9 Å². The van der Waals surface area contributed by atoms with Crippen molar-refractivity contribution in [1.29, 1.82) is 0 Å². The van der Waals surface area contributed by atoms with Crippen molar-refractivity contribution in [3.8, 4) is 5.69 Å². The van der Waals surface area contributed by atoms with Gasteiger partial charge in [-0.25, -0.2) is 14.6 Å². The second-order valence-electron chi connectivity index (χ2n) is 7.15. The number of carbonyl (C=O) groups is 2. The van der Waals surface area contributed by atoms with Gasteiger partial charge < -0.3 is 15.2 Å². The smallest absolute Gasteiger partial charge is 0.407 e. The molecular formula is C20H21N3O4. The fourth-order valence-electron chi connectivity index (χ4n) is 2.61. The van der Waals surface area contributed by atoms with E-state index in [9.17, 15) is 9.59 Å². The molecule has 2 aromatic carbocycles. The van der Waals surface area contributed by atoms with Gasteiger partial charge in [-0.3, -0.25) is 4.57 Å². The molecule has 1 aromatic heterocycles.